The van der Waals surface area contributed by atoms with Crippen LogP contribution in [0.2, 0.25) is 0 Å². The van der Waals surface area contributed by atoms with E-state index in [1.54, 1.807) is 0 Å². The maximum atomic E-state index is 10.4. The standard InChI is InChI=1S/C16H26BrNO/c1-5-15(13-6-8-14(17)9-7-13)18-11-16(4,19)10-12(2)3/h6-9,12,15,18-19H,5,10-11H2,1-4H3. The number of nitrogens with one attached hydrogen (secondary N) is 1. The molecule has 0 amide bonds. The Labute approximate surface area is 125 Å². The largest absolute Gasteiger partial charge is 0.389 e. The first-order valence-corrected chi connectivity index (χ1v) is 7.84. The van der Waals surface area contributed by atoms with Gasteiger partial charge in [0.15, 0.2) is 0 Å². The fourth-order valence-corrected chi connectivity index (χ4v) is 2.75. The van der Waals surface area contributed by atoms with Crippen LogP contribution in [-0.2, 0) is 0 Å². The summed E-state index contributed by atoms with van der Waals surface area (Å²) in [5.74, 6) is 0.504. The van der Waals surface area contributed by atoms with Crippen LogP contribution >= 0.6 is 15.9 Å². The van der Waals surface area contributed by atoms with Crippen LogP contribution in [0.4, 0.5) is 0 Å². The molecule has 2 unspecified atom stereocenters. The zero-order valence-electron chi connectivity index (χ0n) is 12.4. The van der Waals surface area contributed by atoms with Crippen LogP contribution in [0.25, 0.3) is 0 Å². The third-order valence-electron chi connectivity index (χ3n) is 3.26. The van der Waals surface area contributed by atoms with E-state index in [0.717, 1.165) is 17.3 Å². The van der Waals surface area contributed by atoms with Gasteiger partial charge in [0.25, 0.3) is 0 Å². The van der Waals surface area contributed by atoms with Crippen LogP contribution in [-0.4, -0.2) is 17.3 Å². The third kappa shape index (κ3) is 6.07. The van der Waals surface area contributed by atoms with Crippen molar-refractivity contribution in [2.24, 2.45) is 5.92 Å². The molecular weight excluding hydrogens is 302 g/mol. The molecule has 0 bridgehead atoms. The van der Waals surface area contributed by atoms with Gasteiger partial charge in [0.2, 0.25) is 0 Å². The molecule has 0 aliphatic rings. The van der Waals surface area contributed by atoms with Gasteiger partial charge in [0.05, 0.1) is 5.60 Å². The first-order valence-electron chi connectivity index (χ1n) is 7.05. The summed E-state index contributed by atoms with van der Waals surface area (Å²) in [5.41, 5.74) is 0.628. The molecule has 0 aromatic heterocycles. The fraction of sp³-hybridized carbons (Fsp3) is 0.625. The van der Waals surface area contributed by atoms with Crippen LogP contribution in [0.1, 0.15) is 52.1 Å². The van der Waals surface area contributed by atoms with Crippen molar-refractivity contribution in [3.8, 4) is 0 Å². The molecule has 0 heterocycles. The Balaban J connectivity index is 2.60. The second kappa shape index (κ2) is 7.41. The van der Waals surface area contributed by atoms with E-state index >= 15 is 0 Å². The van der Waals surface area contributed by atoms with Gasteiger partial charge in [-0.05, 0) is 43.4 Å². The molecule has 2 atom stereocenters. The highest BCUT2D eigenvalue weighted by molar-refractivity contribution is 9.10. The number of benzene rings is 1. The number of halogens is 1. The van der Waals surface area contributed by atoms with Crippen LogP contribution in [0.5, 0.6) is 0 Å². The molecule has 0 aliphatic carbocycles. The van der Waals surface area contributed by atoms with Crippen molar-refractivity contribution in [3.05, 3.63) is 34.3 Å². The Morgan fingerprint density at radius 3 is 2.32 bits per heavy atom. The lowest BCUT2D eigenvalue weighted by atomic mass is 9.93. The summed E-state index contributed by atoms with van der Waals surface area (Å²) in [6.45, 7) is 8.98. The summed E-state index contributed by atoms with van der Waals surface area (Å²) >= 11 is 3.45. The molecule has 0 saturated heterocycles. The second-order valence-corrected chi connectivity index (χ2v) is 6.90. The Hall–Kier alpha value is -0.380. The molecule has 0 radical (unpaired) electrons. The van der Waals surface area contributed by atoms with Crippen molar-refractivity contribution >= 4 is 15.9 Å². The number of hydrogen-bond acceptors (Lipinski definition) is 2. The van der Waals surface area contributed by atoms with Gasteiger partial charge in [-0.3, -0.25) is 0 Å². The summed E-state index contributed by atoms with van der Waals surface area (Å²) in [6.07, 6.45) is 1.83. The molecule has 2 nitrogen and oxygen atoms in total. The number of rotatable bonds is 7. The minimum atomic E-state index is -0.642. The third-order valence-corrected chi connectivity index (χ3v) is 3.79. The van der Waals surface area contributed by atoms with Gasteiger partial charge in [0.1, 0.15) is 0 Å². The molecule has 0 saturated carbocycles. The van der Waals surface area contributed by atoms with Gasteiger partial charge < -0.3 is 10.4 Å². The summed E-state index contributed by atoms with van der Waals surface area (Å²) < 4.78 is 1.10. The van der Waals surface area contributed by atoms with Gasteiger partial charge in [-0.15, -0.1) is 0 Å². The highest BCUT2D eigenvalue weighted by atomic mass is 79.9. The van der Waals surface area contributed by atoms with Crippen molar-refractivity contribution < 1.29 is 5.11 Å². The predicted molar refractivity (Wildman–Crippen MR) is 85.3 cm³/mol. The monoisotopic (exact) mass is 327 g/mol. The Morgan fingerprint density at radius 1 is 1.26 bits per heavy atom. The average Bonchev–Trinajstić information content (AvgIpc) is 2.30. The van der Waals surface area contributed by atoms with E-state index in [9.17, 15) is 5.11 Å². The molecule has 19 heavy (non-hydrogen) atoms. The minimum Gasteiger partial charge on any atom is -0.389 e. The lowest BCUT2D eigenvalue weighted by molar-refractivity contribution is 0.0357. The van der Waals surface area contributed by atoms with Crippen LogP contribution in [0, 0.1) is 5.92 Å². The highest BCUT2D eigenvalue weighted by Gasteiger charge is 2.23. The molecule has 3 heteroatoms. The first kappa shape index (κ1) is 16.7. The minimum absolute atomic E-state index is 0.298. The van der Waals surface area contributed by atoms with E-state index < -0.39 is 5.60 Å². The van der Waals surface area contributed by atoms with E-state index in [1.165, 1.54) is 5.56 Å². The maximum absolute atomic E-state index is 10.4. The molecule has 1 aromatic carbocycles. The van der Waals surface area contributed by atoms with Gasteiger partial charge in [-0.2, -0.15) is 0 Å². The Morgan fingerprint density at radius 2 is 1.84 bits per heavy atom. The molecule has 0 aliphatic heterocycles. The summed E-state index contributed by atoms with van der Waals surface area (Å²) in [5, 5.41) is 13.8. The molecular formula is C16H26BrNO. The molecule has 108 valence electrons. The maximum Gasteiger partial charge on any atom is 0.0746 e. The zero-order valence-corrected chi connectivity index (χ0v) is 14.0. The molecule has 0 fully saturated rings. The highest BCUT2D eigenvalue weighted by Crippen LogP contribution is 2.21. The topological polar surface area (TPSA) is 32.3 Å². The summed E-state index contributed by atoms with van der Waals surface area (Å²) in [6, 6.07) is 8.68. The van der Waals surface area contributed by atoms with E-state index in [1.807, 2.05) is 6.92 Å². The van der Waals surface area contributed by atoms with Crippen molar-refractivity contribution in [2.45, 2.75) is 52.2 Å². The first-order chi connectivity index (χ1) is 8.84. The van der Waals surface area contributed by atoms with Crippen LogP contribution in [0.3, 0.4) is 0 Å². The van der Waals surface area contributed by atoms with Crippen LogP contribution in [0.15, 0.2) is 28.7 Å². The normalized spacial score (nSPS) is 16.4. The average molecular weight is 328 g/mol. The van der Waals surface area contributed by atoms with Crippen molar-refractivity contribution in [2.75, 3.05) is 6.54 Å². The summed E-state index contributed by atoms with van der Waals surface area (Å²) in [7, 11) is 0. The van der Waals surface area contributed by atoms with Crippen molar-refractivity contribution in [1.82, 2.24) is 5.32 Å². The summed E-state index contributed by atoms with van der Waals surface area (Å²) in [4.78, 5) is 0. The predicted octanol–water partition coefficient (Wildman–Crippen LogP) is 4.29. The van der Waals surface area contributed by atoms with Crippen LogP contribution < -0.4 is 5.32 Å². The fourth-order valence-electron chi connectivity index (χ4n) is 2.49. The quantitative estimate of drug-likeness (QED) is 0.783. The van der Waals surface area contributed by atoms with E-state index in [2.05, 4.69) is 66.3 Å². The van der Waals surface area contributed by atoms with Gasteiger partial charge in [-0.1, -0.05) is 48.8 Å². The van der Waals surface area contributed by atoms with E-state index in [-0.39, 0.29) is 0 Å². The lowest BCUT2D eigenvalue weighted by Crippen LogP contribution is -2.40. The lowest BCUT2D eigenvalue weighted by Gasteiger charge is -2.28. The second-order valence-electron chi connectivity index (χ2n) is 5.99. The molecule has 1 rings (SSSR count). The van der Waals surface area contributed by atoms with E-state index in [4.69, 9.17) is 0 Å². The van der Waals surface area contributed by atoms with Gasteiger partial charge in [0, 0.05) is 17.1 Å². The van der Waals surface area contributed by atoms with Crippen molar-refractivity contribution in [3.63, 3.8) is 0 Å². The smallest absolute Gasteiger partial charge is 0.0746 e. The van der Waals surface area contributed by atoms with Crippen molar-refractivity contribution in [1.29, 1.82) is 0 Å². The zero-order chi connectivity index (χ0) is 14.5. The Kier molecular flexibility index (Phi) is 6.51. The molecule has 1 aromatic rings. The van der Waals surface area contributed by atoms with Gasteiger partial charge >= 0.3 is 0 Å². The molecule has 0 spiro atoms. The van der Waals surface area contributed by atoms with E-state index in [0.29, 0.717) is 18.5 Å². The molecule has 2 N–H and O–H groups in total. The SMILES string of the molecule is CCC(NCC(C)(O)CC(C)C)c1ccc(Br)cc1. The number of hydrogen-bond donors (Lipinski definition) is 2. The Bertz CT molecular complexity index is 373. The number of aliphatic hydroxyl groups is 1. The van der Waals surface area contributed by atoms with Gasteiger partial charge in [-0.25, -0.2) is 0 Å².